The molecule has 0 fully saturated rings. The van der Waals surface area contributed by atoms with E-state index in [1.54, 1.807) is 18.2 Å². The fraction of sp³-hybridized carbons (Fsp3) is 0.100. The molecule has 0 spiro atoms. The summed E-state index contributed by atoms with van der Waals surface area (Å²) in [7, 11) is -4.58. The van der Waals surface area contributed by atoms with Crippen molar-refractivity contribution in [1.29, 1.82) is 0 Å². The van der Waals surface area contributed by atoms with Gasteiger partial charge in [0.15, 0.2) is 5.85 Å². The van der Waals surface area contributed by atoms with E-state index in [1.807, 2.05) is 36.4 Å². The van der Waals surface area contributed by atoms with Gasteiger partial charge in [0.25, 0.3) is 0 Å². The molecule has 0 aliphatic rings. The largest absolute Gasteiger partial charge is 0.376 e. The minimum Gasteiger partial charge on any atom is -0.376 e. The zero-order valence-electron chi connectivity index (χ0n) is 14.1. The maximum atomic E-state index is 11.2. The van der Waals surface area contributed by atoms with E-state index in [2.05, 4.69) is 0 Å². The molecule has 0 aromatic heterocycles. The lowest BCUT2D eigenvalue weighted by molar-refractivity contribution is 0.205. The Morgan fingerprint density at radius 3 is 2.11 bits per heavy atom. The van der Waals surface area contributed by atoms with Crippen molar-refractivity contribution in [2.75, 3.05) is 0 Å². The molecule has 7 heteroatoms. The van der Waals surface area contributed by atoms with Crippen LogP contribution >= 0.6 is 30.8 Å². The van der Waals surface area contributed by atoms with E-state index >= 15 is 0 Å². The molecule has 0 amide bonds. The highest BCUT2D eigenvalue weighted by molar-refractivity contribution is 7.51. The molecule has 3 rings (SSSR count). The second kappa shape index (κ2) is 8.15. The van der Waals surface area contributed by atoms with E-state index in [-0.39, 0.29) is 5.56 Å². The Labute approximate surface area is 167 Å². The third kappa shape index (κ3) is 4.99. The Balaban J connectivity index is 1.83. The lowest BCUT2D eigenvalue weighted by Gasteiger charge is -2.13. The summed E-state index contributed by atoms with van der Waals surface area (Å²) in [6.45, 7) is 0. The highest BCUT2D eigenvalue weighted by Crippen LogP contribution is 2.49. The Morgan fingerprint density at radius 2 is 1.48 bits per heavy atom. The summed E-state index contributed by atoms with van der Waals surface area (Å²) in [6, 6.07) is 20.0. The fourth-order valence-electron chi connectivity index (χ4n) is 2.79. The quantitative estimate of drug-likeness (QED) is 0.479. The number of aliphatic hydroxyl groups is 1. The Hall–Kier alpha value is -1.65. The summed E-state index contributed by atoms with van der Waals surface area (Å²) in [5, 5.41) is 10.7. The Bertz CT molecular complexity index is 999. The first kappa shape index (κ1) is 20.1. The minimum atomic E-state index is -4.58. The van der Waals surface area contributed by atoms with E-state index in [0.717, 1.165) is 22.3 Å². The molecule has 3 N–H and O–H groups in total. The zero-order valence-corrected chi connectivity index (χ0v) is 16.5. The molecule has 3 aromatic rings. The summed E-state index contributed by atoms with van der Waals surface area (Å²) in [6.07, 6.45) is 0.694. The maximum absolute atomic E-state index is 11.2. The molecule has 0 radical (unpaired) electrons. The maximum Gasteiger partial charge on any atom is 0.358 e. The highest BCUT2D eigenvalue weighted by Gasteiger charge is 2.27. The normalized spacial score (nSPS) is 12.8. The Kier molecular flexibility index (Phi) is 6.07. The van der Waals surface area contributed by atoms with Gasteiger partial charge in [-0.1, -0.05) is 77.8 Å². The number of rotatable bonds is 5. The van der Waals surface area contributed by atoms with E-state index in [4.69, 9.17) is 33.0 Å². The van der Waals surface area contributed by atoms with Gasteiger partial charge in [-0.15, -0.1) is 0 Å². The molecular weight excluding hydrogens is 406 g/mol. The summed E-state index contributed by atoms with van der Waals surface area (Å²) in [5.41, 5.74) is 4.16. The van der Waals surface area contributed by atoms with Gasteiger partial charge in [0, 0.05) is 0 Å². The van der Waals surface area contributed by atoms with Crippen molar-refractivity contribution in [2.45, 2.75) is 12.3 Å². The first-order valence-corrected chi connectivity index (χ1v) is 10.5. The minimum absolute atomic E-state index is 0.180. The van der Waals surface area contributed by atoms with E-state index in [9.17, 15) is 9.67 Å². The van der Waals surface area contributed by atoms with Gasteiger partial charge in [-0.2, -0.15) is 0 Å². The van der Waals surface area contributed by atoms with E-state index < -0.39 is 13.4 Å². The van der Waals surface area contributed by atoms with Crippen molar-refractivity contribution < 1.29 is 19.5 Å². The standard InChI is InChI=1S/C20H17Cl2O4P/c21-18-9-4-14(12-19(18)22)10-13-2-1-3-17(11-13)15-5-7-16(8-6-15)20(23)27(24,25)26/h1-9,11-12,20,23H,10H2,(H2,24,25,26). The van der Waals surface area contributed by atoms with Crippen LogP contribution in [-0.4, -0.2) is 14.9 Å². The van der Waals surface area contributed by atoms with Gasteiger partial charge in [0.05, 0.1) is 10.0 Å². The van der Waals surface area contributed by atoms with Crippen LogP contribution in [0.4, 0.5) is 0 Å². The Morgan fingerprint density at radius 1 is 0.815 bits per heavy atom. The molecule has 1 atom stereocenters. The zero-order chi connectivity index (χ0) is 19.6. The highest BCUT2D eigenvalue weighted by atomic mass is 35.5. The molecule has 0 saturated heterocycles. The first-order valence-electron chi connectivity index (χ1n) is 8.10. The van der Waals surface area contributed by atoms with E-state index in [0.29, 0.717) is 16.5 Å². The lowest BCUT2D eigenvalue weighted by atomic mass is 9.98. The van der Waals surface area contributed by atoms with Gasteiger partial charge in [-0.3, -0.25) is 4.57 Å². The van der Waals surface area contributed by atoms with Crippen LogP contribution in [0.1, 0.15) is 22.5 Å². The lowest BCUT2D eigenvalue weighted by Crippen LogP contribution is -1.98. The monoisotopic (exact) mass is 422 g/mol. The second-order valence-corrected chi connectivity index (χ2v) is 8.69. The van der Waals surface area contributed by atoms with Crippen LogP contribution in [0.5, 0.6) is 0 Å². The summed E-state index contributed by atoms with van der Waals surface area (Å²) in [5.74, 6) is -1.81. The van der Waals surface area contributed by atoms with Gasteiger partial charge < -0.3 is 14.9 Å². The van der Waals surface area contributed by atoms with Crippen LogP contribution in [-0.2, 0) is 11.0 Å². The molecule has 0 saturated carbocycles. The number of benzene rings is 3. The molecule has 140 valence electrons. The van der Waals surface area contributed by atoms with Crippen molar-refractivity contribution in [3.8, 4) is 11.1 Å². The third-order valence-electron chi connectivity index (χ3n) is 4.18. The fourth-order valence-corrected chi connectivity index (χ4v) is 3.67. The van der Waals surface area contributed by atoms with Crippen LogP contribution < -0.4 is 0 Å². The average molecular weight is 423 g/mol. The van der Waals surface area contributed by atoms with Gasteiger partial charge in [-0.25, -0.2) is 0 Å². The van der Waals surface area contributed by atoms with Gasteiger partial charge in [0.2, 0.25) is 0 Å². The molecule has 0 aliphatic heterocycles. The molecule has 0 heterocycles. The van der Waals surface area contributed by atoms with Gasteiger partial charge >= 0.3 is 7.60 Å². The van der Waals surface area contributed by atoms with Crippen LogP contribution in [0.3, 0.4) is 0 Å². The summed E-state index contributed by atoms with van der Waals surface area (Å²) >= 11 is 12.0. The van der Waals surface area contributed by atoms with Gasteiger partial charge in [0.1, 0.15) is 0 Å². The van der Waals surface area contributed by atoms with Crippen LogP contribution in [0.2, 0.25) is 10.0 Å². The first-order chi connectivity index (χ1) is 12.7. The van der Waals surface area contributed by atoms with Crippen molar-refractivity contribution in [1.82, 2.24) is 0 Å². The molecule has 27 heavy (non-hydrogen) atoms. The van der Waals surface area contributed by atoms with Crippen LogP contribution in [0.15, 0.2) is 66.7 Å². The van der Waals surface area contributed by atoms with Crippen LogP contribution in [0, 0.1) is 0 Å². The van der Waals surface area contributed by atoms with Crippen molar-refractivity contribution in [3.05, 3.63) is 93.5 Å². The number of halogens is 2. The molecule has 4 nitrogen and oxygen atoms in total. The molecule has 3 aromatic carbocycles. The van der Waals surface area contributed by atoms with Crippen molar-refractivity contribution in [2.24, 2.45) is 0 Å². The molecular formula is C20H17Cl2O4P. The predicted octanol–water partition coefficient (Wildman–Crippen LogP) is 5.42. The van der Waals surface area contributed by atoms with Gasteiger partial charge in [-0.05, 0) is 46.4 Å². The van der Waals surface area contributed by atoms with Crippen LogP contribution in [0.25, 0.3) is 11.1 Å². The number of aliphatic hydroxyl groups excluding tert-OH is 1. The average Bonchev–Trinajstić information content (AvgIpc) is 2.64. The van der Waals surface area contributed by atoms with Crippen molar-refractivity contribution in [3.63, 3.8) is 0 Å². The molecule has 0 bridgehead atoms. The third-order valence-corrected chi connectivity index (χ3v) is 5.85. The summed E-state index contributed by atoms with van der Waals surface area (Å²) < 4.78 is 11.2. The molecule has 1 unspecified atom stereocenters. The number of hydrogen-bond acceptors (Lipinski definition) is 2. The smallest absolute Gasteiger partial charge is 0.358 e. The van der Waals surface area contributed by atoms with E-state index in [1.165, 1.54) is 12.1 Å². The predicted molar refractivity (Wildman–Crippen MR) is 108 cm³/mol. The second-order valence-electron chi connectivity index (χ2n) is 6.21. The number of hydrogen-bond donors (Lipinski definition) is 3. The van der Waals surface area contributed by atoms with Crippen molar-refractivity contribution >= 4 is 30.8 Å². The SMILES string of the molecule is O=P(O)(O)C(O)c1ccc(-c2cccc(Cc3ccc(Cl)c(Cl)c3)c2)cc1. The topological polar surface area (TPSA) is 77.8 Å². The summed E-state index contributed by atoms with van der Waals surface area (Å²) in [4.78, 5) is 18.2. The molecule has 0 aliphatic carbocycles.